The van der Waals surface area contributed by atoms with Crippen LogP contribution in [0.1, 0.15) is 29.7 Å². The van der Waals surface area contributed by atoms with Gasteiger partial charge in [-0.15, -0.1) is 0 Å². The average molecular weight is 382 g/mol. The number of aromatic nitrogens is 2. The maximum Gasteiger partial charge on any atom is 0.133 e. The molecule has 122 valence electrons. The third-order valence-corrected chi connectivity index (χ3v) is 5.03. The molecule has 2 aromatic carbocycles. The molecule has 0 aliphatic carbocycles. The second-order valence-electron chi connectivity index (χ2n) is 6.21. The van der Waals surface area contributed by atoms with Gasteiger partial charge in [0.2, 0.25) is 0 Å². The lowest BCUT2D eigenvalue weighted by atomic mass is 10.0. The molecule has 0 fully saturated rings. The summed E-state index contributed by atoms with van der Waals surface area (Å²) in [4.78, 5) is 0. The van der Waals surface area contributed by atoms with E-state index in [2.05, 4.69) is 80.5 Å². The summed E-state index contributed by atoms with van der Waals surface area (Å²) in [5.41, 5.74) is 4.97. The highest BCUT2D eigenvalue weighted by molar-refractivity contribution is 9.10. The largest absolute Gasteiger partial charge is 0.370 e. The highest BCUT2D eigenvalue weighted by Gasteiger charge is 2.20. The fraction of sp³-hybridized carbons (Fsp3) is 0.250. The van der Waals surface area contributed by atoms with Crippen molar-refractivity contribution in [2.24, 2.45) is 0 Å². The summed E-state index contributed by atoms with van der Waals surface area (Å²) in [7, 11) is 0. The van der Waals surface area contributed by atoms with E-state index in [9.17, 15) is 0 Å². The molecule has 1 N–H and O–H groups in total. The zero-order chi connectivity index (χ0) is 16.4. The Morgan fingerprint density at radius 2 is 1.79 bits per heavy atom. The van der Waals surface area contributed by atoms with Crippen molar-refractivity contribution in [2.45, 2.75) is 25.7 Å². The van der Waals surface area contributed by atoms with E-state index < -0.39 is 0 Å². The maximum atomic E-state index is 4.97. The van der Waals surface area contributed by atoms with E-state index in [1.165, 1.54) is 35.5 Å². The highest BCUT2D eigenvalue weighted by atomic mass is 79.9. The van der Waals surface area contributed by atoms with Gasteiger partial charge in [0.1, 0.15) is 5.82 Å². The molecular formula is C20H20BrN3. The van der Waals surface area contributed by atoms with Crippen molar-refractivity contribution < 1.29 is 0 Å². The van der Waals surface area contributed by atoms with Crippen LogP contribution in [0.25, 0.3) is 5.69 Å². The van der Waals surface area contributed by atoms with Crippen molar-refractivity contribution in [3.8, 4) is 5.69 Å². The first kappa shape index (κ1) is 15.5. The molecule has 3 nitrogen and oxygen atoms in total. The summed E-state index contributed by atoms with van der Waals surface area (Å²) >= 11 is 3.51. The van der Waals surface area contributed by atoms with Gasteiger partial charge in [-0.2, -0.15) is 5.10 Å². The Balaban J connectivity index is 1.78. The van der Waals surface area contributed by atoms with Crippen molar-refractivity contribution >= 4 is 21.7 Å². The minimum Gasteiger partial charge on any atom is -0.370 e. The van der Waals surface area contributed by atoms with Crippen LogP contribution >= 0.6 is 15.9 Å². The van der Waals surface area contributed by atoms with E-state index in [0.29, 0.717) is 0 Å². The molecule has 4 rings (SSSR count). The first-order valence-electron chi connectivity index (χ1n) is 8.46. The molecule has 4 heteroatoms. The van der Waals surface area contributed by atoms with Gasteiger partial charge in [-0.3, -0.25) is 0 Å². The predicted molar refractivity (Wildman–Crippen MR) is 102 cm³/mol. The third kappa shape index (κ3) is 3.11. The van der Waals surface area contributed by atoms with Crippen LogP contribution < -0.4 is 5.32 Å². The van der Waals surface area contributed by atoms with Crippen LogP contribution in [0.3, 0.4) is 0 Å². The summed E-state index contributed by atoms with van der Waals surface area (Å²) in [5.74, 6) is 1.17. The molecule has 0 atom stereocenters. The van der Waals surface area contributed by atoms with E-state index >= 15 is 0 Å². The first-order valence-corrected chi connectivity index (χ1v) is 9.25. The Morgan fingerprint density at radius 3 is 2.58 bits per heavy atom. The van der Waals surface area contributed by atoms with Crippen LogP contribution in [0.5, 0.6) is 0 Å². The van der Waals surface area contributed by atoms with Crippen LogP contribution in [0, 0.1) is 0 Å². The Kier molecular flexibility index (Phi) is 4.39. The maximum absolute atomic E-state index is 4.97. The molecule has 24 heavy (non-hydrogen) atoms. The molecule has 2 heterocycles. The fourth-order valence-corrected chi connectivity index (χ4v) is 3.54. The number of hydrogen-bond donors (Lipinski definition) is 1. The SMILES string of the molecule is Brc1ccc(-n2nc(Cc3ccccc3)c3c2NCCCC3)cc1. The Bertz CT molecular complexity index is 822. The van der Waals surface area contributed by atoms with Crippen molar-refractivity contribution in [2.75, 3.05) is 11.9 Å². The van der Waals surface area contributed by atoms with Crippen LogP contribution in [0.4, 0.5) is 5.82 Å². The number of halogens is 1. The molecule has 1 aliphatic rings. The van der Waals surface area contributed by atoms with Gasteiger partial charge in [0, 0.05) is 23.0 Å². The van der Waals surface area contributed by atoms with Crippen LogP contribution in [-0.2, 0) is 12.8 Å². The molecule has 0 saturated carbocycles. The zero-order valence-corrected chi connectivity index (χ0v) is 15.1. The van der Waals surface area contributed by atoms with Gasteiger partial charge in [-0.1, -0.05) is 46.3 Å². The lowest BCUT2D eigenvalue weighted by Crippen LogP contribution is -2.07. The second kappa shape index (κ2) is 6.81. The zero-order valence-electron chi connectivity index (χ0n) is 13.5. The Labute approximate surface area is 150 Å². The Morgan fingerprint density at radius 1 is 1.00 bits per heavy atom. The lowest BCUT2D eigenvalue weighted by molar-refractivity contribution is 0.767. The average Bonchev–Trinajstić information content (AvgIpc) is 2.79. The Hall–Kier alpha value is -2.07. The van der Waals surface area contributed by atoms with E-state index in [-0.39, 0.29) is 0 Å². The van der Waals surface area contributed by atoms with Gasteiger partial charge < -0.3 is 5.32 Å². The van der Waals surface area contributed by atoms with Crippen molar-refractivity contribution in [3.63, 3.8) is 0 Å². The summed E-state index contributed by atoms with van der Waals surface area (Å²) in [5, 5.41) is 8.57. The lowest BCUT2D eigenvalue weighted by Gasteiger charge is -2.09. The molecule has 1 aromatic heterocycles. The summed E-state index contributed by atoms with van der Waals surface area (Å²) in [6.45, 7) is 1.01. The number of nitrogens with one attached hydrogen (secondary N) is 1. The second-order valence-corrected chi connectivity index (χ2v) is 7.12. The predicted octanol–water partition coefficient (Wildman–Crippen LogP) is 4.97. The van der Waals surface area contributed by atoms with Gasteiger partial charge in [-0.25, -0.2) is 4.68 Å². The molecular weight excluding hydrogens is 362 g/mol. The van der Waals surface area contributed by atoms with E-state index in [1.54, 1.807) is 0 Å². The normalized spacial score (nSPS) is 13.9. The first-order chi connectivity index (χ1) is 11.8. The van der Waals surface area contributed by atoms with Crippen LogP contribution in [0.15, 0.2) is 59.1 Å². The molecule has 0 bridgehead atoms. The third-order valence-electron chi connectivity index (χ3n) is 4.50. The quantitative estimate of drug-likeness (QED) is 0.693. The molecule has 0 unspecified atom stereocenters. The number of nitrogens with zero attached hydrogens (tertiary/aromatic N) is 2. The van der Waals surface area contributed by atoms with Crippen LogP contribution in [-0.4, -0.2) is 16.3 Å². The van der Waals surface area contributed by atoms with Crippen molar-refractivity contribution in [1.82, 2.24) is 9.78 Å². The standard InChI is InChI=1S/C20H20BrN3/c21-16-9-11-17(12-10-16)24-20-18(8-4-5-13-22-20)19(23-24)14-15-6-2-1-3-7-15/h1-3,6-7,9-12,22H,4-5,8,13-14H2. The van der Waals surface area contributed by atoms with Crippen LogP contribution in [0.2, 0.25) is 0 Å². The van der Waals surface area contributed by atoms with E-state index in [4.69, 9.17) is 5.10 Å². The number of rotatable bonds is 3. The minimum absolute atomic E-state index is 0.883. The monoisotopic (exact) mass is 381 g/mol. The summed E-state index contributed by atoms with van der Waals surface area (Å²) < 4.78 is 3.16. The van der Waals surface area contributed by atoms with E-state index in [0.717, 1.165) is 29.5 Å². The smallest absolute Gasteiger partial charge is 0.133 e. The molecule has 0 amide bonds. The minimum atomic E-state index is 0.883. The van der Waals surface area contributed by atoms with Gasteiger partial charge in [0.05, 0.1) is 11.4 Å². The van der Waals surface area contributed by atoms with Crippen molar-refractivity contribution in [1.29, 1.82) is 0 Å². The number of hydrogen-bond acceptors (Lipinski definition) is 2. The molecule has 0 radical (unpaired) electrons. The van der Waals surface area contributed by atoms with Gasteiger partial charge in [0.25, 0.3) is 0 Å². The number of anilines is 1. The van der Waals surface area contributed by atoms with Gasteiger partial charge in [-0.05, 0) is 49.1 Å². The van der Waals surface area contributed by atoms with Gasteiger partial charge in [0.15, 0.2) is 0 Å². The molecule has 3 aromatic rings. The summed E-state index contributed by atoms with van der Waals surface area (Å²) in [6, 6.07) is 19.0. The topological polar surface area (TPSA) is 29.9 Å². The molecule has 0 spiro atoms. The number of benzene rings is 2. The van der Waals surface area contributed by atoms with Crippen molar-refractivity contribution in [3.05, 3.63) is 75.9 Å². The molecule has 0 saturated heterocycles. The van der Waals surface area contributed by atoms with Gasteiger partial charge >= 0.3 is 0 Å². The van der Waals surface area contributed by atoms with E-state index in [1.807, 2.05) is 0 Å². The molecule has 1 aliphatic heterocycles. The highest BCUT2D eigenvalue weighted by Crippen LogP contribution is 2.29. The number of fused-ring (bicyclic) bond motifs is 1. The fourth-order valence-electron chi connectivity index (χ4n) is 3.27. The summed E-state index contributed by atoms with van der Waals surface area (Å²) in [6.07, 6.45) is 4.41.